The molecular weight excluding hydrogens is 206 g/mol. The molecule has 0 aromatic heterocycles. The van der Waals surface area contributed by atoms with Gasteiger partial charge in [0.15, 0.2) is 6.61 Å². The van der Waals surface area contributed by atoms with Gasteiger partial charge in [-0.05, 0) is 0 Å². The molecule has 7 heteroatoms. The number of carbonyl (C=O) groups excluding carboxylic acids is 2. The number of alkyl halides is 1. The molecule has 0 N–H and O–H groups in total. The van der Waals surface area contributed by atoms with Crippen LogP contribution in [0, 0.1) is 0 Å². The molecule has 0 aliphatic rings. The van der Waals surface area contributed by atoms with Gasteiger partial charge in [0.1, 0.15) is 17.7 Å². The van der Waals surface area contributed by atoms with Crippen molar-refractivity contribution in [2.75, 3.05) is 12.5 Å². The van der Waals surface area contributed by atoms with Crippen molar-refractivity contribution in [1.29, 1.82) is 0 Å². The molecule has 0 unspecified atom stereocenters. The van der Waals surface area contributed by atoms with Crippen molar-refractivity contribution in [2.45, 2.75) is 0 Å². The fourth-order valence-electron chi connectivity index (χ4n) is 0.200. The van der Waals surface area contributed by atoms with Gasteiger partial charge in [0.05, 0.1) is 0 Å². The Morgan fingerprint density at radius 3 is 2.18 bits per heavy atom. The molecule has 60 valence electrons. The second-order valence-electron chi connectivity index (χ2n) is 1.24. The predicted molar refractivity (Wildman–Crippen MR) is 40.8 cm³/mol. The summed E-state index contributed by atoms with van der Waals surface area (Å²) < 4.78 is 7.87. The maximum absolute atomic E-state index is 10.2. The van der Waals surface area contributed by atoms with Gasteiger partial charge in [-0.3, -0.25) is 4.79 Å². The molecule has 0 heterocycles. The Morgan fingerprint density at radius 2 is 1.82 bits per heavy atom. The molecule has 4 nitrogen and oxygen atoms in total. The number of carbonyl (C=O) groups is 2. The number of halogens is 2. The van der Waals surface area contributed by atoms with E-state index in [9.17, 15) is 9.59 Å². The second-order valence-corrected chi connectivity index (χ2v) is 1.67. The Bertz CT molecular complexity index is 124. The third-order valence-electron chi connectivity index (χ3n) is 0.546. The number of hydrogen-bond donors (Lipinski definition) is 0. The summed E-state index contributed by atoms with van der Waals surface area (Å²) in [5.41, 5.74) is 0. The van der Waals surface area contributed by atoms with E-state index < -0.39 is 18.5 Å². The summed E-state index contributed by atoms with van der Waals surface area (Å²) in [6.07, 6.45) is 0. The van der Waals surface area contributed by atoms with E-state index in [1.165, 1.54) is 0 Å². The van der Waals surface area contributed by atoms with Gasteiger partial charge in [0, 0.05) is 0 Å². The summed E-state index contributed by atoms with van der Waals surface area (Å²) in [6, 6.07) is 0. The molecule has 0 radical (unpaired) electrons. The zero-order valence-corrected chi connectivity index (χ0v) is 6.31. The van der Waals surface area contributed by atoms with Crippen LogP contribution >= 0.6 is 23.5 Å². The molecule has 0 aromatic carbocycles. The Kier molecular flexibility index (Phi) is 11.0. The molecule has 0 saturated heterocycles. The zero-order valence-electron chi connectivity index (χ0n) is 4.80. The van der Waals surface area contributed by atoms with Gasteiger partial charge < -0.3 is 9.03 Å². The fraction of sp³-hybridized carbons (Fsp3) is 0.500. The minimum atomic E-state index is -0.833. The summed E-state index contributed by atoms with van der Waals surface area (Å²) in [4.78, 5) is 20.4. The summed E-state index contributed by atoms with van der Waals surface area (Å²) in [5.74, 6) is -1.82. The van der Waals surface area contributed by atoms with Crippen molar-refractivity contribution in [3.05, 3.63) is 0 Å². The summed E-state index contributed by atoms with van der Waals surface area (Å²) in [7, 11) is 0. The molecule has 0 amide bonds. The Morgan fingerprint density at radius 1 is 1.27 bits per heavy atom. The fourth-order valence-corrected chi connectivity index (χ4v) is 0.322. The van der Waals surface area contributed by atoms with Crippen LogP contribution in [0.25, 0.3) is 0 Å². The van der Waals surface area contributed by atoms with Crippen molar-refractivity contribution in [3.8, 4) is 0 Å². The SMILES string of the molecule is O=C(COC(=O)CCl)OCl.[NaH]. The van der Waals surface area contributed by atoms with Crippen molar-refractivity contribution < 1.29 is 18.6 Å². The minimum absolute atomic E-state index is 0. The van der Waals surface area contributed by atoms with E-state index in [0.29, 0.717) is 0 Å². The van der Waals surface area contributed by atoms with Crippen LogP contribution in [-0.4, -0.2) is 54.0 Å². The normalized spacial score (nSPS) is 7.82. The van der Waals surface area contributed by atoms with Crippen molar-refractivity contribution in [1.82, 2.24) is 0 Å². The third kappa shape index (κ3) is 8.43. The number of esters is 1. The first-order valence-electron chi connectivity index (χ1n) is 2.23. The van der Waals surface area contributed by atoms with E-state index in [0.717, 1.165) is 0 Å². The molecule has 0 aliphatic carbocycles. The topological polar surface area (TPSA) is 52.6 Å². The zero-order chi connectivity index (χ0) is 7.98. The van der Waals surface area contributed by atoms with E-state index in [1.807, 2.05) is 0 Å². The molecule has 0 saturated carbocycles. The molecular formula is C4H5Cl2NaO4. The molecule has 0 spiro atoms. The predicted octanol–water partition coefficient (Wildman–Crippen LogP) is -0.183. The average Bonchev–Trinajstić information content (AvgIpc) is 1.99. The van der Waals surface area contributed by atoms with Crippen LogP contribution in [0.3, 0.4) is 0 Å². The molecule has 0 aromatic rings. The standard InChI is InChI=1S/C4H4Cl2O4.Na.H/c5-1-3(7)9-2-4(8)10-6;;/h1-2H2;;. The molecule has 11 heavy (non-hydrogen) atoms. The van der Waals surface area contributed by atoms with Crippen LogP contribution in [-0.2, 0) is 18.6 Å². The second kappa shape index (κ2) is 8.62. The van der Waals surface area contributed by atoms with Crippen molar-refractivity contribution in [3.63, 3.8) is 0 Å². The number of rotatable bonds is 3. The molecule has 0 bridgehead atoms. The number of ether oxygens (including phenoxy) is 1. The molecule has 0 aliphatic heterocycles. The van der Waals surface area contributed by atoms with E-state index >= 15 is 0 Å². The van der Waals surface area contributed by atoms with Gasteiger partial charge in [-0.1, -0.05) is 0 Å². The summed E-state index contributed by atoms with van der Waals surface area (Å²) in [5, 5.41) is 0. The number of hydrogen-bond acceptors (Lipinski definition) is 4. The maximum atomic E-state index is 10.2. The van der Waals surface area contributed by atoms with Gasteiger partial charge in [-0.15, -0.1) is 11.6 Å². The van der Waals surface area contributed by atoms with Crippen LogP contribution in [0.4, 0.5) is 0 Å². The van der Waals surface area contributed by atoms with Gasteiger partial charge >= 0.3 is 41.5 Å². The molecule has 0 atom stereocenters. The van der Waals surface area contributed by atoms with Crippen LogP contribution in [0.15, 0.2) is 0 Å². The van der Waals surface area contributed by atoms with E-state index in [-0.39, 0.29) is 35.4 Å². The van der Waals surface area contributed by atoms with E-state index in [2.05, 4.69) is 20.9 Å². The summed E-state index contributed by atoms with van der Waals surface area (Å²) in [6.45, 7) is -0.505. The van der Waals surface area contributed by atoms with Crippen molar-refractivity contribution in [2.24, 2.45) is 0 Å². The average molecular weight is 211 g/mol. The Balaban J connectivity index is 0. The van der Waals surface area contributed by atoms with E-state index in [4.69, 9.17) is 11.6 Å². The molecule has 0 rings (SSSR count). The van der Waals surface area contributed by atoms with Gasteiger partial charge in [0.25, 0.3) is 0 Å². The first-order chi connectivity index (χ1) is 4.70. The van der Waals surface area contributed by atoms with Crippen LogP contribution < -0.4 is 0 Å². The van der Waals surface area contributed by atoms with Gasteiger partial charge in [-0.25, -0.2) is 4.79 Å². The third-order valence-corrected chi connectivity index (χ3v) is 0.936. The van der Waals surface area contributed by atoms with Crippen LogP contribution in [0.1, 0.15) is 0 Å². The first kappa shape index (κ1) is 14.1. The first-order valence-corrected chi connectivity index (χ1v) is 3.08. The van der Waals surface area contributed by atoms with Crippen molar-refractivity contribution >= 4 is 65.0 Å². The van der Waals surface area contributed by atoms with Crippen LogP contribution in [0.5, 0.6) is 0 Å². The summed E-state index contributed by atoms with van der Waals surface area (Å²) >= 11 is 9.62. The Hall–Kier alpha value is 0.520. The van der Waals surface area contributed by atoms with Crippen LogP contribution in [0.2, 0.25) is 0 Å². The monoisotopic (exact) mass is 210 g/mol. The Labute approximate surface area is 95.6 Å². The van der Waals surface area contributed by atoms with Gasteiger partial charge in [0.2, 0.25) is 0 Å². The van der Waals surface area contributed by atoms with E-state index in [1.54, 1.807) is 0 Å². The van der Waals surface area contributed by atoms with Gasteiger partial charge in [-0.2, -0.15) is 0 Å². The molecule has 0 fully saturated rings. The quantitative estimate of drug-likeness (QED) is 0.369.